The van der Waals surface area contributed by atoms with E-state index in [4.69, 9.17) is 16.2 Å². The monoisotopic (exact) mass is 258 g/mol. The molecule has 0 bridgehead atoms. The Morgan fingerprint density at radius 1 is 1.12 bits per heavy atom. The van der Waals surface area contributed by atoms with E-state index in [2.05, 4.69) is 0 Å². The highest BCUT2D eigenvalue weighted by Crippen LogP contribution is 2.34. The van der Waals surface area contributed by atoms with Gasteiger partial charge in [0.05, 0.1) is 5.02 Å². The normalized spacial score (nSPS) is 11.9. The van der Waals surface area contributed by atoms with Crippen LogP contribution in [0.1, 0.15) is 0 Å². The molecular weight excluding hydrogens is 252 g/mol. The van der Waals surface area contributed by atoms with Crippen LogP contribution < -0.4 is 0 Å². The van der Waals surface area contributed by atoms with Crippen molar-refractivity contribution in [2.75, 3.05) is 0 Å². The molecule has 2 aromatic rings. The van der Waals surface area contributed by atoms with Crippen LogP contribution in [-0.4, -0.2) is 18.1 Å². The molecule has 16 heavy (non-hydrogen) atoms. The van der Waals surface area contributed by atoms with E-state index in [1.807, 2.05) is 0 Å². The molecule has 0 aromatic heterocycles. The molecule has 2 aromatic carbocycles. The molecular formula is C10H7ClO4S. The summed E-state index contributed by atoms with van der Waals surface area (Å²) in [5.74, 6) is -0.0927. The molecule has 2 N–H and O–H groups in total. The Bertz CT molecular complexity index is 664. The van der Waals surface area contributed by atoms with Crippen molar-refractivity contribution in [3.8, 4) is 5.75 Å². The van der Waals surface area contributed by atoms with Gasteiger partial charge in [-0.05, 0) is 18.2 Å². The number of aromatic hydroxyl groups is 1. The summed E-state index contributed by atoms with van der Waals surface area (Å²) in [7, 11) is -4.36. The Labute approximate surface area is 96.8 Å². The highest BCUT2D eigenvalue weighted by atomic mass is 35.5. The molecule has 4 nitrogen and oxygen atoms in total. The molecule has 0 radical (unpaired) electrons. The SMILES string of the molecule is O=S(=O)(O)c1cccc2c(O)ccc(Cl)c12. The van der Waals surface area contributed by atoms with Gasteiger partial charge in [-0.2, -0.15) is 8.42 Å². The minimum absolute atomic E-state index is 0.0927. The summed E-state index contributed by atoms with van der Waals surface area (Å²) in [6.45, 7) is 0. The predicted octanol–water partition coefficient (Wildman–Crippen LogP) is 2.45. The van der Waals surface area contributed by atoms with Gasteiger partial charge in [-0.15, -0.1) is 0 Å². The maximum absolute atomic E-state index is 11.1. The fraction of sp³-hybridized carbons (Fsp3) is 0. The van der Waals surface area contributed by atoms with Gasteiger partial charge in [0, 0.05) is 10.8 Å². The summed E-state index contributed by atoms with van der Waals surface area (Å²) in [5, 5.41) is 10.1. The molecule has 0 atom stereocenters. The van der Waals surface area contributed by atoms with Gasteiger partial charge in [-0.1, -0.05) is 23.7 Å². The second kappa shape index (κ2) is 3.62. The summed E-state index contributed by atoms with van der Waals surface area (Å²) in [6.07, 6.45) is 0. The highest BCUT2D eigenvalue weighted by Gasteiger charge is 2.17. The van der Waals surface area contributed by atoms with Gasteiger partial charge in [-0.25, -0.2) is 0 Å². The Morgan fingerprint density at radius 2 is 1.81 bits per heavy atom. The van der Waals surface area contributed by atoms with Crippen molar-refractivity contribution in [3.63, 3.8) is 0 Å². The Morgan fingerprint density at radius 3 is 2.44 bits per heavy atom. The maximum Gasteiger partial charge on any atom is 0.295 e. The summed E-state index contributed by atoms with van der Waals surface area (Å²) in [6, 6.07) is 6.89. The van der Waals surface area contributed by atoms with Crippen molar-refractivity contribution >= 4 is 32.5 Å². The van der Waals surface area contributed by atoms with Crippen LogP contribution in [0.5, 0.6) is 5.75 Å². The Hall–Kier alpha value is -1.30. The number of hydrogen-bond donors (Lipinski definition) is 2. The van der Waals surface area contributed by atoms with Crippen LogP contribution in [0, 0.1) is 0 Å². The number of phenolic OH excluding ortho intramolecular Hbond substituents is 1. The lowest BCUT2D eigenvalue weighted by Crippen LogP contribution is -1.99. The molecule has 0 spiro atoms. The number of phenols is 1. The minimum Gasteiger partial charge on any atom is -0.507 e. The Kier molecular flexibility index (Phi) is 2.53. The maximum atomic E-state index is 11.1. The average Bonchev–Trinajstić information content (AvgIpc) is 2.22. The molecule has 6 heteroatoms. The van der Waals surface area contributed by atoms with Gasteiger partial charge in [0.15, 0.2) is 0 Å². The van der Waals surface area contributed by atoms with Gasteiger partial charge in [0.2, 0.25) is 0 Å². The molecule has 2 rings (SSSR count). The zero-order valence-electron chi connectivity index (χ0n) is 7.88. The third-order valence-corrected chi connectivity index (χ3v) is 3.42. The van der Waals surface area contributed by atoms with Gasteiger partial charge < -0.3 is 5.11 Å². The molecule has 0 saturated heterocycles. The van der Waals surface area contributed by atoms with E-state index in [0.717, 1.165) is 0 Å². The van der Waals surface area contributed by atoms with E-state index in [0.29, 0.717) is 0 Å². The first-order valence-electron chi connectivity index (χ1n) is 4.29. The largest absolute Gasteiger partial charge is 0.507 e. The number of rotatable bonds is 1. The van der Waals surface area contributed by atoms with Gasteiger partial charge in [0.25, 0.3) is 10.1 Å². The van der Waals surface area contributed by atoms with Crippen LogP contribution in [0.4, 0.5) is 0 Å². The lowest BCUT2D eigenvalue weighted by atomic mass is 10.1. The average molecular weight is 259 g/mol. The quantitative estimate of drug-likeness (QED) is 0.771. The fourth-order valence-electron chi connectivity index (χ4n) is 1.53. The lowest BCUT2D eigenvalue weighted by molar-refractivity contribution is 0.481. The summed E-state index contributed by atoms with van der Waals surface area (Å²) in [4.78, 5) is -0.314. The third-order valence-electron chi connectivity index (χ3n) is 2.21. The van der Waals surface area contributed by atoms with Gasteiger partial charge >= 0.3 is 0 Å². The van der Waals surface area contributed by atoms with Crippen molar-refractivity contribution in [2.24, 2.45) is 0 Å². The molecule has 0 heterocycles. The fourth-order valence-corrected chi connectivity index (χ4v) is 2.58. The summed E-state index contributed by atoms with van der Waals surface area (Å²) >= 11 is 5.85. The van der Waals surface area contributed by atoms with Crippen LogP contribution >= 0.6 is 11.6 Å². The van der Waals surface area contributed by atoms with E-state index in [1.165, 1.54) is 30.3 Å². The molecule has 0 aliphatic rings. The summed E-state index contributed by atoms with van der Waals surface area (Å²) < 4.78 is 31.3. The number of halogens is 1. The number of benzene rings is 2. The van der Waals surface area contributed by atoms with E-state index < -0.39 is 10.1 Å². The zero-order chi connectivity index (χ0) is 11.9. The smallest absolute Gasteiger partial charge is 0.295 e. The van der Waals surface area contributed by atoms with E-state index in [9.17, 15) is 13.5 Å². The first-order valence-corrected chi connectivity index (χ1v) is 6.11. The third kappa shape index (κ3) is 1.73. The van der Waals surface area contributed by atoms with E-state index in [1.54, 1.807) is 0 Å². The minimum atomic E-state index is -4.36. The Balaban J connectivity index is 3.04. The molecule has 0 fully saturated rings. The van der Waals surface area contributed by atoms with Crippen LogP contribution in [0.15, 0.2) is 35.2 Å². The van der Waals surface area contributed by atoms with Crippen molar-refractivity contribution in [3.05, 3.63) is 35.4 Å². The molecule has 0 amide bonds. The molecule has 0 aliphatic carbocycles. The van der Waals surface area contributed by atoms with Crippen LogP contribution in [0.25, 0.3) is 10.8 Å². The van der Waals surface area contributed by atoms with Crippen molar-refractivity contribution in [1.29, 1.82) is 0 Å². The first-order chi connectivity index (χ1) is 7.41. The number of hydrogen-bond acceptors (Lipinski definition) is 3. The topological polar surface area (TPSA) is 74.6 Å². The van der Waals surface area contributed by atoms with Crippen molar-refractivity contribution < 1.29 is 18.1 Å². The van der Waals surface area contributed by atoms with Crippen molar-refractivity contribution in [1.82, 2.24) is 0 Å². The van der Waals surface area contributed by atoms with Gasteiger partial charge in [-0.3, -0.25) is 4.55 Å². The second-order valence-corrected chi connectivity index (χ2v) is 5.02. The highest BCUT2D eigenvalue weighted by molar-refractivity contribution is 7.86. The molecule has 0 saturated carbocycles. The van der Waals surface area contributed by atoms with Crippen LogP contribution in [0.2, 0.25) is 5.02 Å². The van der Waals surface area contributed by atoms with Crippen molar-refractivity contribution in [2.45, 2.75) is 4.90 Å². The van der Waals surface area contributed by atoms with E-state index >= 15 is 0 Å². The predicted molar refractivity (Wildman–Crippen MR) is 60.4 cm³/mol. The first kappa shape index (κ1) is 11.2. The zero-order valence-corrected chi connectivity index (χ0v) is 9.46. The standard InChI is InChI=1S/C10H7ClO4S/c11-7-4-5-8(12)6-2-1-3-9(10(6)7)16(13,14)15/h1-5,12H,(H,13,14,15). The van der Waals surface area contributed by atoms with Crippen LogP contribution in [0.3, 0.4) is 0 Å². The number of fused-ring (bicyclic) bond motifs is 1. The van der Waals surface area contributed by atoms with Crippen LogP contribution in [-0.2, 0) is 10.1 Å². The lowest BCUT2D eigenvalue weighted by Gasteiger charge is -2.06. The second-order valence-electron chi connectivity index (χ2n) is 3.22. The van der Waals surface area contributed by atoms with Gasteiger partial charge in [0.1, 0.15) is 10.6 Å². The summed E-state index contributed by atoms with van der Waals surface area (Å²) in [5.41, 5.74) is 0. The molecule has 84 valence electrons. The molecule has 0 unspecified atom stereocenters. The molecule has 0 aliphatic heterocycles. The van der Waals surface area contributed by atoms with E-state index in [-0.39, 0.29) is 26.4 Å².